The maximum absolute atomic E-state index is 16.6. The number of nitrogens with two attached hydrogens (primary N) is 1. The minimum atomic E-state index is -1.35. The van der Waals surface area contributed by atoms with Gasteiger partial charge in [0.05, 0.1) is 17.6 Å². The minimum absolute atomic E-state index is 0.0558. The predicted octanol–water partition coefficient (Wildman–Crippen LogP) is 7.08. The zero-order valence-corrected chi connectivity index (χ0v) is 43.5. The van der Waals surface area contributed by atoms with Crippen LogP contribution in [0, 0.1) is 47.9 Å². The maximum atomic E-state index is 16.6. The number of fused-ring (bicyclic) bond motifs is 2. The van der Waals surface area contributed by atoms with Crippen molar-refractivity contribution in [3.05, 3.63) is 106 Å². The minimum Gasteiger partial charge on any atom is -0.488 e. The Bertz CT molecular complexity index is 3020. The number of aliphatic hydroxyl groups excluding tert-OH is 2. The van der Waals surface area contributed by atoms with Crippen molar-refractivity contribution in [2.75, 3.05) is 63.9 Å². The molecule has 6 N–H and O–H groups in total. The van der Waals surface area contributed by atoms with Crippen LogP contribution >= 0.6 is 0 Å². The Morgan fingerprint density at radius 3 is 2.34 bits per heavy atom. The van der Waals surface area contributed by atoms with Crippen molar-refractivity contribution in [1.82, 2.24) is 30.2 Å². The average molecular weight is 1050 g/mol. The van der Waals surface area contributed by atoms with E-state index in [1.54, 1.807) is 7.05 Å². The van der Waals surface area contributed by atoms with Crippen LogP contribution in [0.5, 0.6) is 11.5 Å². The summed E-state index contributed by atoms with van der Waals surface area (Å²) in [4.78, 5) is 44.6. The molecule has 5 unspecified atom stereocenters. The normalized spacial score (nSPS) is 25.4. The van der Waals surface area contributed by atoms with Gasteiger partial charge in [-0.05, 0) is 118 Å². The van der Waals surface area contributed by atoms with Gasteiger partial charge in [-0.25, -0.2) is 17.6 Å². The number of nitrogens with one attached hydrogen (secondary N) is 2. The predicted molar refractivity (Wildman–Crippen MR) is 278 cm³/mol. The standard InChI is InChI=1S/C57H68F4N8O7/c1-31-28-68(22-18-36(31)29-67-20-16-34(17-21-67)48-42(59)26-40-52(51(48)61)66(4)65-54(40)69-23-19-45(71)64-56(69)74)55(73)35-10-12-38(13-11-35)63-30-57(37-8-6-5-7-9-37)33(3)47-44(76-57)27-41(58)32(2)46(47)49-39(53(62)72)14-15-43(50(49)60)75-25-24-70/h5-9,14-15,26-27,31,33-36,38,56,63,70,74H,10-13,16-25,28-30H2,1-4H3,(H2,62,72)(H,64,71). The van der Waals surface area contributed by atoms with E-state index in [-0.39, 0.29) is 118 Å². The summed E-state index contributed by atoms with van der Waals surface area (Å²) in [5.41, 5.74) is 6.25. The highest BCUT2D eigenvalue weighted by molar-refractivity contribution is 6.01. The summed E-state index contributed by atoms with van der Waals surface area (Å²) in [6.07, 6.45) is 3.76. The zero-order chi connectivity index (χ0) is 53.7. The molecule has 3 amide bonds. The van der Waals surface area contributed by atoms with Gasteiger partial charge in [-0.15, -0.1) is 0 Å². The smallest absolute Gasteiger partial charge is 0.249 e. The number of nitrogens with zero attached hydrogens (tertiary/aromatic N) is 5. The number of aryl methyl sites for hydroxylation is 1. The van der Waals surface area contributed by atoms with Gasteiger partial charge >= 0.3 is 0 Å². The summed E-state index contributed by atoms with van der Waals surface area (Å²) in [5.74, 6) is -3.91. The van der Waals surface area contributed by atoms with Crippen LogP contribution in [0.1, 0.15) is 110 Å². The van der Waals surface area contributed by atoms with Crippen molar-refractivity contribution in [1.29, 1.82) is 0 Å². The van der Waals surface area contributed by atoms with Crippen molar-refractivity contribution in [3.63, 3.8) is 0 Å². The first-order valence-electron chi connectivity index (χ1n) is 26.8. The summed E-state index contributed by atoms with van der Waals surface area (Å²) in [5, 5.41) is 30.8. The molecule has 0 bridgehead atoms. The number of ether oxygens (including phenoxy) is 2. The van der Waals surface area contributed by atoms with Gasteiger partial charge < -0.3 is 50.8 Å². The van der Waals surface area contributed by atoms with Gasteiger partial charge in [0, 0.05) is 86.8 Å². The second-order valence-corrected chi connectivity index (χ2v) is 21.7. The highest BCUT2D eigenvalue weighted by atomic mass is 19.1. The van der Waals surface area contributed by atoms with Crippen molar-refractivity contribution in [2.24, 2.45) is 30.5 Å². The molecule has 10 rings (SSSR count). The van der Waals surface area contributed by atoms with Crippen LogP contribution in [-0.4, -0.2) is 119 Å². The van der Waals surface area contributed by atoms with Gasteiger partial charge in [0.2, 0.25) is 24.1 Å². The number of amides is 3. The topological polar surface area (TPSA) is 188 Å². The lowest BCUT2D eigenvalue weighted by atomic mass is 9.76. The van der Waals surface area contributed by atoms with Gasteiger partial charge in [-0.3, -0.25) is 19.1 Å². The van der Waals surface area contributed by atoms with Crippen molar-refractivity contribution >= 4 is 34.4 Å². The van der Waals surface area contributed by atoms with Crippen molar-refractivity contribution in [3.8, 4) is 22.6 Å². The first kappa shape index (κ1) is 53.1. The quantitative estimate of drug-likeness (QED) is 0.0716. The van der Waals surface area contributed by atoms with Crippen molar-refractivity contribution < 1.29 is 51.6 Å². The molecule has 4 fully saturated rings. The molecule has 1 aliphatic carbocycles. The third-order valence-electron chi connectivity index (χ3n) is 17.3. The molecule has 5 atom stereocenters. The Labute approximate surface area is 439 Å². The highest BCUT2D eigenvalue weighted by Crippen LogP contribution is 2.56. The fourth-order valence-electron chi connectivity index (χ4n) is 13.0. The lowest BCUT2D eigenvalue weighted by molar-refractivity contribution is -0.139. The molecule has 19 heteroatoms. The second-order valence-electron chi connectivity index (χ2n) is 21.7. The van der Waals surface area contributed by atoms with E-state index >= 15 is 17.6 Å². The molecule has 4 aromatic carbocycles. The van der Waals surface area contributed by atoms with Crippen LogP contribution in [0.15, 0.2) is 54.6 Å². The van der Waals surface area contributed by atoms with Gasteiger partial charge in [-0.2, -0.15) is 5.10 Å². The molecule has 5 aromatic rings. The van der Waals surface area contributed by atoms with Gasteiger partial charge in [0.15, 0.2) is 28.8 Å². The monoisotopic (exact) mass is 1050 g/mol. The van der Waals surface area contributed by atoms with Gasteiger partial charge in [0.25, 0.3) is 0 Å². The number of halogens is 4. The summed E-state index contributed by atoms with van der Waals surface area (Å²) in [7, 11) is 1.59. The number of anilines is 1. The molecule has 0 radical (unpaired) electrons. The van der Waals surface area contributed by atoms with Crippen LogP contribution in [0.4, 0.5) is 23.4 Å². The average Bonchev–Trinajstić information content (AvgIpc) is 3.90. The highest BCUT2D eigenvalue weighted by Gasteiger charge is 2.50. The fraction of sp³-hybridized carbons (Fsp3) is 0.509. The summed E-state index contributed by atoms with van der Waals surface area (Å²) >= 11 is 0. The molecule has 406 valence electrons. The van der Waals surface area contributed by atoms with E-state index in [4.69, 9.17) is 15.2 Å². The Balaban J connectivity index is 0.749. The zero-order valence-electron chi connectivity index (χ0n) is 43.5. The summed E-state index contributed by atoms with van der Waals surface area (Å²) < 4.78 is 78.5. The Morgan fingerprint density at radius 1 is 0.921 bits per heavy atom. The molecule has 76 heavy (non-hydrogen) atoms. The lowest BCUT2D eigenvalue weighted by Gasteiger charge is -2.42. The number of carbonyl (C=O) groups excluding carboxylic acids is 3. The number of hydrogen-bond donors (Lipinski definition) is 5. The summed E-state index contributed by atoms with van der Waals surface area (Å²) in [6.45, 7) is 9.19. The van der Waals surface area contributed by atoms with E-state index in [2.05, 4.69) is 27.6 Å². The molecular formula is C57H68F4N8O7. The molecule has 0 spiro atoms. The van der Waals surface area contributed by atoms with Crippen LogP contribution in [0.3, 0.4) is 0 Å². The lowest BCUT2D eigenvalue weighted by Crippen LogP contribution is -2.54. The van der Waals surface area contributed by atoms with E-state index in [1.807, 2.05) is 42.2 Å². The molecule has 4 aliphatic heterocycles. The van der Waals surface area contributed by atoms with E-state index in [9.17, 15) is 24.6 Å². The first-order valence-corrected chi connectivity index (χ1v) is 26.8. The number of rotatable bonds is 14. The first-order chi connectivity index (χ1) is 36.5. The Kier molecular flexibility index (Phi) is 15.1. The number of piperidine rings is 2. The fourth-order valence-corrected chi connectivity index (χ4v) is 13.0. The number of carbonyl (C=O) groups is 3. The third kappa shape index (κ3) is 9.76. The van der Waals surface area contributed by atoms with Gasteiger partial charge in [0.1, 0.15) is 29.5 Å². The molecular weight excluding hydrogens is 985 g/mol. The SMILES string of the molecule is Cc1c(F)cc2c(c1-c1c(C(N)=O)ccc(OCCO)c1F)C(C)C(CNC1CCC(C(=O)N3CCC(CN4CCC(c5c(F)cc6c(N7CCC(=O)NC7O)nn(C)c6c5F)CC4)C(C)C3)CC1)(c1ccccc1)O2. The molecule has 5 aliphatic rings. The van der Waals surface area contributed by atoms with Crippen LogP contribution < -0.4 is 30.7 Å². The maximum Gasteiger partial charge on any atom is 0.249 e. The Hall–Kier alpha value is -6.28. The number of aliphatic hydroxyl groups is 2. The molecule has 1 saturated carbocycles. The molecule has 1 aromatic heterocycles. The molecule has 5 heterocycles. The van der Waals surface area contributed by atoms with E-state index in [1.165, 1.54) is 40.8 Å². The van der Waals surface area contributed by atoms with E-state index in [0.29, 0.717) is 69.9 Å². The van der Waals surface area contributed by atoms with Gasteiger partial charge in [-0.1, -0.05) is 44.2 Å². The largest absolute Gasteiger partial charge is 0.488 e. The van der Waals surface area contributed by atoms with Crippen molar-refractivity contribution in [2.45, 2.75) is 102 Å². The molecule has 3 saturated heterocycles. The second kappa shape index (κ2) is 21.6. The Morgan fingerprint density at radius 2 is 1.66 bits per heavy atom. The summed E-state index contributed by atoms with van der Waals surface area (Å²) in [6, 6.07) is 14.9. The number of primary amides is 1. The number of aromatic nitrogens is 2. The van der Waals surface area contributed by atoms with E-state index in [0.717, 1.165) is 31.4 Å². The third-order valence-corrected chi connectivity index (χ3v) is 17.3. The number of likely N-dealkylation sites (tertiary alicyclic amines) is 2. The van der Waals surface area contributed by atoms with E-state index < -0.39 is 47.0 Å². The van der Waals surface area contributed by atoms with Crippen LogP contribution in [0.2, 0.25) is 0 Å². The molecule has 15 nitrogen and oxygen atoms in total. The van der Waals surface area contributed by atoms with Crippen LogP contribution in [0.25, 0.3) is 22.0 Å². The number of hydrogen-bond acceptors (Lipinski definition) is 11. The number of benzene rings is 4. The van der Waals surface area contributed by atoms with Crippen LogP contribution in [-0.2, 0) is 22.2 Å².